The molecule has 154 valence electrons. The zero-order valence-corrected chi connectivity index (χ0v) is 17.4. The number of anilines is 1. The highest BCUT2D eigenvalue weighted by molar-refractivity contribution is 5.57. The first-order valence-electron chi connectivity index (χ1n) is 11.1. The molecule has 3 aromatic rings. The van der Waals surface area contributed by atoms with Gasteiger partial charge in [-0.2, -0.15) is 0 Å². The Balaban J connectivity index is 1.44. The van der Waals surface area contributed by atoms with Crippen molar-refractivity contribution in [2.45, 2.75) is 37.3 Å². The summed E-state index contributed by atoms with van der Waals surface area (Å²) in [6, 6.07) is 27.8. The quantitative estimate of drug-likeness (QED) is 0.618. The van der Waals surface area contributed by atoms with E-state index in [-0.39, 0.29) is 5.41 Å². The molecule has 0 radical (unpaired) electrons. The van der Waals surface area contributed by atoms with Crippen LogP contribution in [-0.2, 0) is 18.4 Å². The second-order valence-electron chi connectivity index (χ2n) is 8.91. The van der Waals surface area contributed by atoms with Crippen LogP contribution in [0.2, 0.25) is 0 Å². The third-order valence-corrected chi connectivity index (χ3v) is 6.88. The van der Waals surface area contributed by atoms with Crippen LogP contribution in [0.5, 0.6) is 0 Å². The SMILES string of the molecule is OC(CC1(c2ccc3c(c2)CCN3)CCN(Cc2ccccc2)C1)c1ccccc1. The van der Waals surface area contributed by atoms with Crippen LogP contribution in [0, 0.1) is 0 Å². The van der Waals surface area contributed by atoms with Crippen LogP contribution in [-0.4, -0.2) is 29.6 Å². The van der Waals surface area contributed by atoms with Gasteiger partial charge in [-0.3, -0.25) is 4.90 Å². The van der Waals surface area contributed by atoms with E-state index in [0.717, 1.165) is 51.0 Å². The van der Waals surface area contributed by atoms with Gasteiger partial charge in [0.2, 0.25) is 0 Å². The molecule has 3 nitrogen and oxygen atoms in total. The van der Waals surface area contributed by atoms with Gasteiger partial charge in [-0.1, -0.05) is 72.8 Å². The molecule has 3 aromatic carbocycles. The van der Waals surface area contributed by atoms with Crippen LogP contribution >= 0.6 is 0 Å². The second kappa shape index (κ2) is 8.25. The Labute approximate surface area is 179 Å². The first kappa shape index (κ1) is 19.3. The number of aliphatic hydroxyl groups is 1. The van der Waals surface area contributed by atoms with Crippen molar-refractivity contribution in [3.63, 3.8) is 0 Å². The van der Waals surface area contributed by atoms with Gasteiger partial charge in [-0.15, -0.1) is 0 Å². The Morgan fingerprint density at radius 2 is 1.73 bits per heavy atom. The number of rotatable bonds is 6. The smallest absolute Gasteiger partial charge is 0.0799 e. The molecule has 2 N–H and O–H groups in total. The van der Waals surface area contributed by atoms with E-state index in [1.807, 2.05) is 30.3 Å². The van der Waals surface area contributed by atoms with Gasteiger partial charge in [-0.05, 0) is 54.1 Å². The third kappa shape index (κ3) is 3.88. The van der Waals surface area contributed by atoms with Gasteiger partial charge >= 0.3 is 0 Å². The van der Waals surface area contributed by atoms with Gasteiger partial charge in [-0.25, -0.2) is 0 Å². The Morgan fingerprint density at radius 1 is 0.967 bits per heavy atom. The molecule has 30 heavy (non-hydrogen) atoms. The van der Waals surface area contributed by atoms with Crippen molar-refractivity contribution in [3.05, 3.63) is 101 Å². The fourth-order valence-electron chi connectivity index (χ4n) is 5.25. The lowest BCUT2D eigenvalue weighted by Crippen LogP contribution is -2.33. The molecule has 2 unspecified atom stereocenters. The number of aliphatic hydroxyl groups excluding tert-OH is 1. The maximum absolute atomic E-state index is 11.1. The largest absolute Gasteiger partial charge is 0.388 e. The maximum atomic E-state index is 11.1. The van der Waals surface area contributed by atoms with Crippen molar-refractivity contribution in [1.82, 2.24) is 4.90 Å². The molecule has 2 aliphatic rings. The van der Waals surface area contributed by atoms with Gasteiger partial charge in [0.25, 0.3) is 0 Å². The highest BCUT2D eigenvalue weighted by Crippen LogP contribution is 2.43. The minimum absolute atomic E-state index is 0.0261. The molecule has 0 saturated carbocycles. The number of nitrogens with one attached hydrogen (secondary N) is 1. The Bertz CT molecular complexity index is 988. The molecule has 3 heteroatoms. The lowest BCUT2D eigenvalue weighted by molar-refractivity contribution is 0.130. The van der Waals surface area contributed by atoms with Gasteiger partial charge in [0.15, 0.2) is 0 Å². The number of fused-ring (bicyclic) bond motifs is 1. The fourth-order valence-corrected chi connectivity index (χ4v) is 5.25. The van der Waals surface area contributed by atoms with Crippen molar-refractivity contribution >= 4 is 5.69 Å². The zero-order chi connectivity index (χ0) is 20.4. The van der Waals surface area contributed by atoms with Crippen molar-refractivity contribution in [2.75, 3.05) is 25.0 Å². The summed E-state index contributed by atoms with van der Waals surface area (Å²) < 4.78 is 0. The molecule has 1 saturated heterocycles. The van der Waals surface area contributed by atoms with Crippen LogP contribution in [0.3, 0.4) is 0 Å². The Kier molecular flexibility index (Phi) is 5.32. The van der Waals surface area contributed by atoms with Crippen molar-refractivity contribution in [3.8, 4) is 0 Å². The number of hydrogen-bond donors (Lipinski definition) is 2. The highest BCUT2D eigenvalue weighted by atomic mass is 16.3. The van der Waals surface area contributed by atoms with E-state index >= 15 is 0 Å². The van der Waals surface area contributed by atoms with Gasteiger partial charge in [0, 0.05) is 30.7 Å². The van der Waals surface area contributed by atoms with Crippen molar-refractivity contribution in [1.29, 1.82) is 0 Å². The predicted octanol–water partition coefficient (Wildman–Crippen LogP) is 4.92. The molecule has 0 spiro atoms. The second-order valence-corrected chi connectivity index (χ2v) is 8.91. The normalized spacial score (nSPS) is 21.9. The molecule has 0 amide bonds. The van der Waals surface area contributed by atoms with Crippen LogP contribution in [0.25, 0.3) is 0 Å². The first-order valence-corrected chi connectivity index (χ1v) is 11.1. The molecule has 0 bridgehead atoms. The number of nitrogens with zero attached hydrogens (tertiary/aromatic N) is 1. The van der Waals surface area contributed by atoms with Crippen LogP contribution in [0.4, 0.5) is 5.69 Å². The molecule has 2 heterocycles. The summed E-state index contributed by atoms with van der Waals surface area (Å²) in [4.78, 5) is 2.55. The summed E-state index contributed by atoms with van der Waals surface area (Å²) in [5.41, 5.74) is 6.42. The molecule has 2 aliphatic heterocycles. The minimum atomic E-state index is -0.450. The number of likely N-dealkylation sites (tertiary alicyclic amines) is 1. The predicted molar refractivity (Wildman–Crippen MR) is 123 cm³/mol. The van der Waals surface area contributed by atoms with E-state index in [0.29, 0.717) is 0 Å². The average molecular weight is 399 g/mol. The summed E-state index contributed by atoms with van der Waals surface area (Å²) in [5.74, 6) is 0. The monoisotopic (exact) mass is 398 g/mol. The van der Waals surface area contributed by atoms with E-state index in [1.54, 1.807) is 0 Å². The van der Waals surface area contributed by atoms with Crippen molar-refractivity contribution < 1.29 is 5.11 Å². The van der Waals surface area contributed by atoms with Gasteiger partial charge in [0.05, 0.1) is 6.10 Å². The fraction of sp³-hybridized carbons (Fsp3) is 0.333. The maximum Gasteiger partial charge on any atom is 0.0799 e. The standard InChI is InChI=1S/C27H30N2O/c30-26(22-9-5-2-6-10-22)18-27(24-11-12-25-23(17-24)13-15-28-25)14-16-29(20-27)19-21-7-3-1-4-8-21/h1-12,17,26,28,30H,13-16,18-20H2. The van der Waals surface area contributed by atoms with E-state index in [1.165, 1.54) is 22.4 Å². The van der Waals surface area contributed by atoms with E-state index in [4.69, 9.17) is 0 Å². The average Bonchev–Trinajstić information content (AvgIpc) is 3.42. The Morgan fingerprint density at radius 3 is 2.53 bits per heavy atom. The molecule has 1 fully saturated rings. The van der Waals surface area contributed by atoms with E-state index < -0.39 is 6.10 Å². The lowest BCUT2D eigenvalue weighted by Gasteiger charge is -2.33. The summed E-state index contributed by atoms with van der Waals surface area (Å²) in [6.07, 6.45) is 2.48. The molecular weight excluding hydrogens is 368 g/mol. The lowest BCUT2D eigenvalue weighted by atomic mass is 9.74. The van der Waals surface area contributed by atoms with Gasteiger partial charge < -0.3 is 10.4 Å². The first-order chi connectivity index (χ1) is 14.7. The van der Waals surface area contributed by atoms with E-state index in [9.17, 15) is 5.11 Å². The Hall–Kier alpha value is -2.62. The summed E-state index contributed by atoms with van der Waals surface area (Å²) in [6.45, 7) is 4.04. The highest BCUT2D eigenvalue weighted by Gasteiger charge is 2.41. The number of benzene rings is 3. The third-order valence-electron chi connectivity index (χ3n) is 6.88. The van der Waals surface area contributed by atoms with E-state index in [2.05, 4.69) is 58.7 Å². The molecule has 2 atom stereocenters. The topological polar surface area (TPSA) is 35.5 Å². The summed E-state index contributed by atoms with van der Waals surface area (Å²) in [5, 5.41) is 14.6. The minimum Gasteiger partial charge on any atom is -0.388 e. The summed E-state index contributed by atoms with van der Waals surface area (Å²) in [7, 11) is 0. The van der Waals surface area contributed by atoms with Gasteiger partial charge in [0.1, 0.15) is 0 Å². The zero-order valence-electron chi connectivity index (χ0n) is 17.4. The number of hydrogen-bond acceptors (Lipinski definition) is 3. The molecule has 5 rings (SSSR count). The van der Waals surface area contributed by atoms with Crippen molar-refractivity contribution in [2.24, 2.45) is 0 Å². The van der Waals surface area contributed by atoms with Crippen LogP contribution < -0.4 is 5.32 Å². The van der Waals surface area contributed by atoms with Crippen LogP contribution in [0.1, 0.15) is 41.2 Å². The molecule has 0 aliphatic carbocycles. The molecule has 0 aromatic heterocycles. The summed E-state index contributed by atoms with van der Waals surface area (Å²) >= 11 is 0. The molecular formula is C27H30N2O. The van der Waals surface area contributed by atoms with Crippen LogP contribution in [0.15, 0.2) is 78.9 Å².